The van der Waals surface area contributed by atoms with Crippen LogP contribution in [0.25, 0.3) is 0 Å². The number of likely N-dealkylation sites (N-methyl/N-ethyl adjacent to an activating group) is 1. The van der Waals surface area contributed by atoms with Crippen LogP contribution in [0.5, 0.6) is 0 Å². The molecular formula is C13H23N3O. The maximum atomic E-state index is 5.71. The third-order valence-electron chi connectivity index (χ3n) is 3.29. The van der Waals surface area contributed by atoms with Crippen molar-refractivity contribution in [2.75, 3.05) is 33.3 Å². The zero-order valence-corrected chi connectivity index (χ0v) is 11.0. The second kappa shape index (κ2) is 5.67. The molecule has 1 aliphatic heterocycles. The predicted molar refractivity (Wildman–Crippen MR) is 69.2 cm³/mol. The van der Waals surface area contributed by atoms with Crippen LogP contribution in [0, 0.1) is 13.8 Å². The van der Waals surface area contributed by atoms with E-state index in [4.69, 9.17) is 4.74 Å². The molecule has 96 valence electrons. The first-order valence-electron chi connectivity index (χ1n) is 6.31. The molecule has 17 heavy (non-hydrogen) atoms. The molecule has 0 bridgehead atoms. The van der Waals surface area contributed by atoms with Crippen LogP contribution in [0.15, 0.2) is 6.07 Å². The van der Waals surface area contributed by atoms with Crippen molar-refractivity contribution in [3.8, 4) is 0 Å². The number of morpholine rings is 1. The van der Waals surface area contributed by atoms with E-state index in [-0.39, 0.29) is 0 Å². The minimum Gasteiger partial charge on any atom is -0.374 e. The standard InChI is InChI=1S/C13H23N3O/c1-10-6-12(11(2)15-10)7-14-8-13-9-16(3)4-5-17-13/h6,13-15H,4-5,7-9H2,1-3H3/t13-/m0/s1. The van der Waals surface area contributed by atoms with E-state index in [1.165, 1.54) is 17.0 Å². The number of nitrogens with one attached hydrogen (secondary N) is 2. The van der Waals surface area contributed by atoms with Crippen LogP contribution in [0.4, 0.5) is 0 Å². The number of ether oxygens (including phenoxy) is 1. The summed E-state index contributed by atoms with van der Waals surface area (Å²) >= 11 is 0. The van der Waals surface area contributed by atoms with Crippen LogP contribution in [-0.4, -0.2) is 49.3 Å². The Morgan fingerprint density at radius 2 is 2.35 bits per heavy atom. The SMILES string of the molecule is Cc1cc(CNC[C@H]2CN(C)CCO2)c(C)[nH]1. The van der Waals surface area contributed by atoms with E-state index in [0.717, 1.165) is 32.8 Å². The summed E-state index contributed by atoms with van der Waals surface area (Å²) in [5.74, 6) is 0. The van der Waals surface area contributed by atoms with Crippen LogP contribution in [0.3, 0.4) is 0 Å². The molecule has 2 rings (SSSR count). The van der Waals surface area contributed by atoms with Gasteiger partial charge in [0.15, 0.2) is 0 Å². The number of aryl methyl sites for hydroxylation is 2. The number of H-pyrrole nitrogens is 1. The van der Waals surface area contributed by atoms with Gasteiger partial charge in [0.05, 0.1) is 12.7 Å². The fourth-order valence-corrected chi connectivity index (χ4v) is 2.32. The van der Waals surface area contributed by atoms with Crippen LogP contribution in [0.1, 0.15) is 17.0 Å². The predicted octanol–water partition coefficient (Wildman–Crippen LogP) is 1.05. The van der Waals surface area contributed by atoms with Crippen molar-refractivity contribution < 1.29 is 4.74 Å². The monoisotopic (exact) mass is 237 g/mol. The highest BCUT2D eigenvalue weighted by atomic mass is 16.5. The lowest BCUT2D eigenvalue weighted by Crippen LogP contribution is -2.44. The normalized spacial score (nSPS) is 21.9. The topological polar surface area (TPSA) is 40.3 Å². The highest BCUT2D eigenvalue weighted by molar-refractivity contribution is 5.23. The summed E-state index contributed by atoms with van der Waals surface area (Å²) in [6, 6.07) is 2.20. The van der Waals surface area contributed by atoms with Crippen molar-refractivity contribution in [3.05, 3.63) is 23.0 Å². The highest BCUT2D eigenvalue weighted by Crippen LogP contribution is 2.09. The Balaban J connectivity index is 1.74. The van der Waals surface area contributed by atoms with Gasteiger partial charge in [-0.25, -0.2) is 0 Å². The van der Waals surface area contributed by atoms with Crippen LogP contribution in [-0.2, 0) is 11.3 Å². The zero-order valence-electron chi connectivity index (χ0n) is 11.0. The average Bonchev–Trinajstić information content (AvgIpc) is 2.58. The van der Waals surface area contributed by atoms with Gasteiger partial charge in [0.1, 0.15) is 0 Å². The van der Waals surface area contributed by atoms with Gasteiger partial charge in [0.25, 0.3) is 0 Å². The summed E-state index contributed by atoms with van der Waals surface area (Å²) in [5.41, 5.74) is 3.84. The van der Waals surface area contributed by atoms with E-state index in [1.54, 1.807) is 0 Å². The number of aromatic amines is 1. The Morgan fingerprint density at radius 3 is 3.00 bits per heavy atom. The lowest BCUT2D eigenvalue weighted by atomic mass is 10.2. The lowest BCUT2D eigenvalue weighted by Gasteiger charge is -2.30. The van der Waals surface area contributed by atoms with Gasteiger partial charge in [0, 0.05) is 37.6 Å². The molecule has 2 heterocycles. The maximum absolute atomic E-state index is 5.71. The molecule has 4 heteroatoms. The molecule has 1 saturated heterocycles. The van der Waals surface area contributed by atoms with Crippen molar-refractivity contribution in [3.63, 3.8) is 0 Å². The van der Waals surface area contributed by atoms with Crippen molar-refractivity contribution in [1.29, 1.82) is 0 Å². The molecule has 0 radical (unpaired) electrons. The Morgan fingerprint density at radius 1 is 1.53 bits per heavy atom. The summed E-state index contributed by atoms with van der Waals surface area (Å²) in [6.45, 7) is 8.98. The number of hydrogen-bond donors (Lipinski definition) is 2. The maximum Gasteiger partial charge on any atom is 0.0826 e. The Labute approximate surface area is 103 Å². The number of rotatable bonds is 4. The van der Waals surface area contributed by atoms with Crippen LogP contribution < -0.4 is 5.32 Å². The van der Waals surface area contributed by atoms with Gasteiger partial charge < -0.3 is 19.9 Å². The fourth-order valence-electron chi connectivity index (χ4n) is 2.32. The third-order valence-corrected chi connectivity index (χ3v) is 3.29. The second-order valence-corrected chi connectivity index (χ2v) is 4.99. The number of nitrogens with zero attached hydrogens (tertiary/aromatic N) is 1. The molecule has 1 aliphatic rings. The van der Waals surface area contributed by atoms with Crippen LogP contribution >= 0.6 is 0 Å². The molecular weight excluding hydrogens is 214 g/mol. The zero-order chi connectivity index (χ0) is 12.3. The highest BCUT2D eigenvalue weighted by Gasteiger charge is 2.16. The second-order valence-electron chi connectivity index (χ2n) is 4.99. The van der Waals surface area contributed by atoms with Crippen molar-refractivity contribution in [2.45, 2.75) is 26.5 Å². The van der Waals surface area contributed by atoms with Gasteiger partial charge in [-0.1, -0.05) is 0 Å². The smallest absolute Gasteiger partial charge is 0.0826 e. The number of aromatic nitrogens is 1. The first kappa shape index (κ1) is 12.6. The van der Waals surface area contributed by atoms with Gasteiger partial charge in [-0.2, -0.15) is 0 Å². The summed E-state index contributed by atoms with van der Waals surface area (Å²) in [6.07, 6.45) is 0.328. The van der Waals surface area contributed by atoms with E-state index >= 15 is 0 Å². The van der Waals surface area contributed by atoms with E-state index in [9.17, 15) is 0 Å². The molecule has 0 aliphatic carbocycles. The molecule has 1 fully saturated rings. The average molecular weight is 237 g/mol. The van der Waals surface area contributed by atoms with E-state index in [0.29, 0.717) is 6.10 Å². The van der Waals surface area contributed by atoms with Crippen molar-refractivity contribution in [2.24, 2.45) is 0 Å². The first-order chi connectivity index (χ1) is 8.15. The molecule has 1 atom stereocenters. The van der Waals surface area contributed by atoms with Gasteiger partial charge in [-0.3, -0.25) is 0 Å². The minimum absolute atomic E-state index is 0.328. The quantitative estimate of drug-likeness (QED) is 0.822. The van der Waals surface area contributed by atoms with E-state index in [1.807, 2.05) is 0 Å². The summed E-state index contributed by atoms with van der Waals surface area (Å²) in [7, 11) is 2.15. The van der Waals surface area contributed by atoms with Gasteiger partial charge in [-0.05, 0) is 32.5 Å². The van der Waals surface area contributed by atoms with Crippen LogP contribution in [0.2, 0.25) is 0 Å². The molecule has 0 unspecified atom stereocenters. The molecule has 1 aromatic heterocycles. The van der Waals surface area contributed by atoms with E-state index in [2.05, 4.69) is 42.2 Å². The molecule has 1 aromatic rings. The van der Waals surface area contributed by atoms with E-state index < -0.39 is 0 Å². The molecule has 0 aromatic carbocycles. The molecule has 0 saturated carbocycles. The first-order valence-corrected chi connectivity index (χ1v) is 6.31. The van der Waals surface area contributed by atoms with Gasteiger partial charge in [-0.15, -0.1) is 0 Å². The Hall–Kier alpha value is -0.840. The summed E-state index contributed by atoms with van der Waals surface area (Å²) in [4.78, 5) is 5.64. The third kappa shape index (κ3) is 3.56. The van der Waals surface area contributed by atoms with Gasteiger partial charge in [0.2, 0.25) is 0 Å². The van der Waals surface area contributed by atoms with Crippen molar-refractivity contribution in [1.82, 2.24) is 15.2 Å². The number of hydrogen-bond acceptors (Lipinski definition) is 3. The molecule has 2 N–H and O–H groups in total. The Kier molecular flexibility index (Phi) is 4.20. The summed E-state index contributed by atoms with van der Waals surface area (Å²) < 4.78 is 5.71. The Bertz CT molecular complexity index is 362. The van der Waals surface area contributed by atoms with Crippen molar-refractivity contribution >= 4 is 0 Å². The molecule has 4 nitrogen and oxygen atoms in total. The largest absolute Gasteiger partial charge is 0.374 e. The lowest BCUT2D eigenvalue weighted by molar-refractivity contribution is -0.0182. The minimum atomic E-state index is 0.328. The summed E-state index contributed by atoms with van der Waals surface area (Å²) in [5, 5.41) is 3.47. The molecule has 0 amide bonds. The van der Waals surface area contributed by atoms with Gasteiger partial charge >= 0.3 is 0 Å². The molecule has 0 spiro atoms. The fraction of sp³-hybridized carbons (Fsp3) is 0.692.